The fourth-order valence-corrected chi connectivity index (χ4v) is 3.28. The minimum atomic E-state index is -0.191. The van der Waals surface area contributed by atoms with Crippen LogP contribution in [0.5, 0.6) is 0 Å². The van der Waals surface area contributed by atoms with Gasteiger partial charge in [0, 0.05) is 36.6 Å². The zero-order chi connectivity index (χ0) is 16.9. The Kier molecular flexibility index (Phi) is 5.08. The summed E-state index contributed by atoms with van der Waals surface area (Å²) in [7, 11) is 0. The second-order valence-electron chi connectivity index (χ2n) is 6.28. The van der Waals surface area contributed by atoms with Crippen LogP contribution in [0.25, 0.3) is 0 Å². The zero-order valence-electron chi connectivity index (χ0n) is 13.9. The Morgan fingerprint density at radius 3 is 2.96 bits per heavy atom. The molecule has 1 fully saturated rings. The quantitative estimate of drug-likeness (QED) is 0.866. The lowest BCUT2D eigenvalue weighted by molar-refractivity contribution is 0.0564. The van der Waals surface area contributed by atoms with Crippen molar-refractivity contribution >= 4 is 5.91 Å². The van der Waals surface area contributed by atoms with E-state index in [1.165, 1.54) is 12.1 Å². The Balaban J connectivity index is 1.73. The highest BCUT2D eigenvalue weighted by Crippen LogP contribution is 2.23. The number of piperidine rings is 1. The molecule has 1 atom stereocenters. The summed E-state index contributed by atoms with van der Waals surface area (Å²) in [5.41, 5.74) is 0.849. The molecule has 0 unspecified atom stereocenters. The standard InChI is InChI=1S/C19H22N2O3/c1-14-12-17(22)13-18(24-14)19(23)21-11-5-3-7-16(21)9-8-15-6-2-4-10-20-15/h2,4,6,10,12-13,16H,3,5,7-9,11H2,1H3/t16-/m1/s1. The molecule has 0 aromatic carbocycles. The second kappa shape index (κ2) is 7.43. The molecule has 2 aromatic rings. The van der Waals surface area contributed by atoms with Gasteiger partial charge in [-0.25, -0.2) is 0 Å². The highest BCUT2D eigenvalue weighted by Gasteiger charge is 2.28. The van der Waals surface area contributed by atoms with Crippen LogP contribution in [-0.2, 0) is 6.42 Å². The maximum Gasteiger partial charge on any atom is 0.289 e. The van der Waals surface area contributed by atoms with Crippen molar-refractivity contribution in [3.63, 3.8) is 0 Å². The normalized spacial score (nSPS) is 17.7. The molecule has 0 aliphatic carbocycles. The van der Waals surface area contributed by atoms with E-state index >= 15 is 0 Å². The Bertz CT molecular complexity index is 755. The van der Waals surface area contributed by atoms with E-state index in [0.29, 0.717) is 12.3 Å². The van der Waals surface area contributed by atoms with Crippen LogP contribution in [0.4, 0.5) is 0 Å². The first-order valence-corrected chi connectivity index (χ1v) is 8.46. The van der Waals surface area contributed by atoms with Crippen LogP contribution >= 0.6 is 0 Å². The molecule has 1 aliphatic heterocycles. The highest BCUT2D eigenvalue weighted by molar-refractivity contribution is 5.91. The van der Waals surface area contributed by atoms with E-state index in [1.807, 2.05) is 23.1 Å². The van der Waals surface area contributed by atoms with Gasteiger partial charge in [0.1, 0.15) is 5.76 Å². The van der Waals surface area contributed by atoms with Gasteiger partial charge in [0.2, 0.25) is 0 Å². The lowest BCUT2D eigenvalue weighted by atomic mass is 9.96. The minimum Gasteiger partial charge on any atom is -0.456 e. The Hall–Kier alpha value is -2.43. The largest absolute Gasteiger partial charge is 0.456 e. The van der Waals surface area contributed by atoms with E-state index in [1.54, 1.807) is 13.1 Å². The van der Waals surface area contributed by atoms with Crippen molar-refractivity contribution in [1.82, 2.24) is 9.88 Å². The van der Waals surface area contributed by atoms with Gasteiger partial charge in [-0.05, 0) is 51.2 Å². The van der Waals surface area contributed by atoms with Crippen molar-refractivity contribution in [2.45, 2.75) is 45.1 Å². The molecule has 0 radical (unpaired) electrons. The second-order valence-corrected chi connectivity index (χ2v) is 6.28. The number of hydrogen-bond acceptors (Lipinski definition) is 4. The lowest BCUT2D eigenvalue weighted by Crippen LogP contribution is -2.44. The van der Waals surface area contributed by atoms with Crippen molar-refractivity contribution in [1.29, 1.82) is 0 Å². The summed E-state index contributed by atoms with van der Waals surface area (Å²) in [6.45, 7) is 2.40. The average molecular weight is 326 g/mol. The Morgan fingerprint density at radius 2 is 2.21 bits per heavy atom. The van der Waals surface area contributed by atoms with Crippen LogP contribution in [0, 0.1) is 6.92 Å². The molecule has 126 valence electrons. The van der Waals surface area contributed by atoms with Crippen molar-refractivity contribution in [2.75, 3.05) is 6.54 Å². The zero-order valence-corrected chi connectivity index (χ0v) is 13.9. The van der Waals surface area contributed by atoms with E-state index in [9.17, 15) is 9.59 Å². The molecule has 24 heavy (non-hydrogen) atoms. The number of likely N-dealkylation sites (tertiary alicyclic amines) is 1. The molecule has 0 spiro atoms. The van der Waals surface area contributed by atoms with E-state index in [0.717, 1.165) is 37.8 Å². The Labute approximate surface area is 141 Å². The van der Waals surface area contributed by atoms with Gasteiger partial charge < -0.3 is 9.32 Å². The summed E-state index contributed by atoms with van der Waals surface area (Å²) >= 11 is 0. The van der Waals surface area contributed by atoms with Gasteiger partial charge in [0.15, 0.2) is 11.2 Å². The van der Waals surface area contributed by atoms with Crippen molar-refractivity contribution < 1.29 is 9.21 Å². The average Bonchev–Trinajstić information content (AvgIpc) is 2.59. The topological polar surface area (TPSA) is 63.4 Å². The first kappa shape index (κ1) is 16.4. The Morgan fingerprint density at radius 1 is 1.33 bits per heavy atom. The molecule has 3 heterocycles. The molecule has 3 rings (SSSR count). The van der Waals surface area contributed by atoms with Crippen LogP contribution < -0.4 is 5.43 Å². The van der Waals surface area contributed by atoms with Gasteiger partial charge in [-0.15, -0.1) is 0 Å². The first-order chi connectivity index (χ1) is 11.6. The number of pyridine rings is 1. The maximum absolute atomic E-state index is 12.8. The van der Waals surface area contributed by atoms with Gasteiger partial charge in [0.05, 0.1) is 0 Å². The number of carbonyl (C=O) groups excluding carboxylic acids is 1. The third-order valence-electron chi connectivity index (χ3n) is 4.45. The van der Waals surface area contributed by atoms with E-state index < -0.39 is 0 Å². The molecule has 1 saturated heterocycles. The monoisotopic (exact) mass is 326 g/mol. The first-order valence-electron chi connectivity index (χ1n) is 8.46. The van der Waals surface area contributed by atoms with Gasteiger partial charge in [-0.2, -0.15) is 0 Å². The smallest absolute Gasteiger partial charge is 0.289 e. The number of carbonyl (C=O) groups is 1. The van der Waals surface area contributed by atoms with Crippen LogP contribution in [0.15, 0.2) is 45.7 Å². The van der Waals surface area contributed by atoms with Crippen LogP contribution in [-0.4, -0.2) is 28.4 Å². The summed E-state index contributed by atoms with van der Waals surface area (Å²) in [5, 5.41) is 0. The third-order valence-corrected chi connectivity index (χ3v) is 4.45. The van der Waals surface area contributed by atoms with Gasteiger partial charge in [-0.3, -0.25) is 14.6 Å². The van der Waals surface area contributed by atoms with Crippen LogP contribution in [0.1, 0.15) is 47.7 Å². The molecule has 0 N–H and O–H groups in total. The van der Waals surface area contributed by atoms with Gasteiger partial charge >= 0.3 is 0 Å². The van der Waals surface area contributed by atoms with E-state index in [2.05, 4.69) is 4.98 Å². The summed E-state index contributed by atoms with van der Waals surface area (Å²) in [5.74, 6) is 0.430. The number of hydrogen-bond donors (Lipinski definition) is 0. The van der Waals surface area contributed by atoms with E-state index in [-0.39, 0.29) is 23.1 Å². The maximum atomic E-state index is 12.8. The fraction of sp³-hybridized carbons (Fsp3) is 0.421. The van der Waals surface area contributed by atoms with Crippen molar-refractivity contribution in [3.8, 4) is 0 Å². The number of amides is 1. The molecular formula is C19H22N2O3. The fourth-order valence-electron chi connectivity index (χ4n) is 3.28. The van der Waals surface area contributed by atoms with Crippen molar-refractivity contribution in [2.24, 2.45) is 0 Å². The SMILES string of the molecule is Cc1cc(=O)cc(C(=O)N2CCCC[C@@H]2CCc2ccccn2)o1. The third kappa shape index (κ3) is 3.91. The minimum absolute atomic E-state index is 0.143. The molecule has 5 heteroatoms. The number of aryl methyl sites for hydroxylation is 2. The lowest BCUT2D eigenvalue weighted by Gasteiger charge is -2.35. The summed E-state index contributed by atoms with van der Waals surface area (Å²) in [6.07, 6.45) is 6.59. The number of aromatic nitrogens is 1. The summed E-state index contributed by atoms with van der Waals surface area (Å²) < 4.78 is 5.48. The van der Waals surface area contributed by atoms with Gasteiger partial charge in [-0.1, -0.05) is 6.07 Å². The highest BCUT2D eigenvalue weighted by atomic mass is 16.3. The van der Waals surface area contributed by atoms with Crippen LogP contribution in [0.3, 0.4) is 0 Å². The molecule has 1 aliphatic rings. The van der Waals surface area contributed by atoms with E-state index in [4.69, 9.17) is 4.42 Å². The molecule has 0 saturated carbocycles. The van der Waals surface area contributed by atoms with Gasteiger partial charge in [0.25, 0.3) is 5.91 Å². The molecule has 0 bridgehead atoms. The van der Waals surface area contributed by atoms with Crippen molar-refractivity contribution in [3.05, 3.63) is 64.0 Å². The summed E-state index contributed by atoms with van der Waals surface area (Å²) in [4.78, 5) is 30.7. The summed E-state index contributed by atoms with van der Waals surface area (Å²) in [6, 6.07) is 8.74. The van der Waals surface area contributed by atoms with Crippen LogP contribution in [0.2, 0.25) is 0 Å². The number of rotatable bonds is 4. The number of nitrogens with zero attached hydrogens (tertiary/aromatic N) is 2. The molecule has 2 aromatic heterocycles. The predicted octanol–water partition coefficient (Wildman–Crippen LogP) is 2.97. The molecular weight excluding hydrogens is 304 g/mol. The predicted molar refractivity (Wildman–Crippen MR) is 90.9 cm³/mol. The molecule has 1 amide bonds. The molecule has 5 nitrogen and oxygen atoms in total.